The van der Waals surface area contributed by atoms with Crippen LogP contribution in [0.25, 0.3) is 5.69 Å². The third-order valence-corrected chi connectivity index (χ3v) is 4.48. The van der Waals surface area contributed by atoms with E-state index in [4.69, 9.17) is 5.73 Å². The first-order valence-corrected chi connectivity index (χ1v) is 7.95. The second-order valence-corrected chi connectivity index (χ2v) is 6.18. The average molecular weight is 328 g/mol. The Morgan fingerprint density at radius 2 is 1.92 bits per heavy atom. The van der Waals surface area contributed by atoms with Crippen molar-refractivity contribution in [2.45, 2.75) is 44.6 Å². The van der Waals surface area contributed by atoms with E-state index < -0.39 is 11.4 Å². The summed E-state index contributed by atoms with van der Waals surface area (Å²) in [5.74, 6) is 0.0463. The smallest absolute Gasteiger partial charge is 0.243 e. The Bertz CT molecular complexity index is 746. The lowest BCUT2D eigenvalue weighted by Crippen LogP contribution is -2.56. The highest BCUT2D eigenvalue weighted by Gasteiger charge is 2.40. The third kappa shape index (κ3) is 3.12. The summed E-state index contributed by atoms with van der Waals surface area (Å²) < 4.78 is 1.62. The van der Waals surface area contributed by atoms with Crippen LogP contribution in [0.2, 0.25) is 0 Å². The lowest BCUT2D eigenvalue weighted by Gasteiger charge is -2.26. The summed E-state index contributed by atoms with van der Waals surface area (Å²) in [6, 6.07) is 7.40. The number of amides is 2. The van der Waals surface area contributed by atoms with Gasteiger partial charge in [-0.2, -0.15) is 4.68 Å². The molecule has 0 saturated heterocycles. The number of benzene rings is 1. The number of hydrogen-bond donors (Lipinski definition) is 2. The number of aryl methyl sites for hydroxylation is 1. The molecule has 0 aliphatic heterocycles. The Labute approximate surface area is 139 Å². The summed E-state index contributed by atoms with van der Waals surface area (Å²) in [5.41, 5.74) is 6.28. The van der Waals surface area contributed by atoms with Gasteiger partial charge in [-0.25, -0.2) is 0 Å². The highest BCUT2D eigenvalue weighted by atomic mass is 16.2. The highest BCUT2D eigenvalue weighted by molar-refractivity contribution is 5.91. The van der Waals surface area contributed by atoms with Crippen LogP contribution < -0.4 is 11.1 Å². The maximum absolute atomic E-state index is 12.3. The standard InChI is InChI=1S/C16H20N6O2/c1-11-19-20-21-22(11)13-6-4-12(5-7-13)10-14(23)18-16(15(17)24)8-2-3-9-16/h4-7H,2-3,8-10H2,1H3,(H2,17,24)(H,18,23). The minimum Gasteiger partial charge on any atom is -0.368 e. The largest absolute Gasteiger partial charge is 0.368 e. The van der Waals surface area contributed by atoms with Crippen LogP contribution in [0.1, 0.15) is 37.1 Å². The number of tetrazole rings is 1. The number of nitrogens with one attached hydrogen (secondary N) is 1. The molecule has 0 bridgehead atoms. The van der Waals surface area contributed by atoms with Gasteiger partial charge in [-0.05, 0) is 47.9 Å². The van der Waals surface area contributed by atoms with Crippen molar-refractivity contribution in [3.63, 3.8) is 0 Å². The van der Waals surface area contributed by atoms with Gasteiger partial charge in [0.15, 0.2) is 5.82 Å². The lowest BCUT2D eigenvalue weighted by molar-refractivity contribution is -0.131. The van der Waals surface area contributed by atoms with E-state index in [2.05, 4.69) is 20.8 Å². The molecule has 24 heavy (non-hydrogen) atoms. The van der Waals surface area contributed by atoms with Crippen molar-refractivity contribution in [2.24, 2.45) is 5.73 Å². The number of nitrogens with two attached hydrogens (primary N) is 1. The van der Waals surface area contributed by atoms with E-state index in [1.54, 1.807) is 4.68 Å². The fourth-order valence-electron chi connectivity index (χ4n) is 3.13. The molecule has 3 N–H and O–H groups in total. The molecular weight excluding hydrogens is 308 g/mol. The minimum absolute atomic E-state index is 0.193. The molecule has 1 heterocycles. The van der Waals surface area contributed by atoms with Crippen molar-refractivity contribution in [3.05, 3.63) is 35.7 Å². The Morgan fingerprint density at radius 3 is 2.46 bits per heavy atom. The first-order chi connectivity index (χ1) is 11.5. The molecule has 0 radical (unpaired) electrons. The molecule has 1 aromatic carbocycles. The van der Waals surface area contributed by atoms with Crippen LogP contribution in [0.15, 0.2) is 24.3 Å². The number of primary amides is 1. The summed E-state index contributed by atoms with van der Waals surface area (Å²) in [7, 11) is 0. The van der Waals surface area contributed by atoms with Crippen molar-refractivity contribution in [3.8, 4) is 5.69 Å². The molecule has 3 rings (SSSR count). The van der Waals surface area contributed by atoms with Crippen molar-refractivity contribution in [1.82, 2.24) is 25.5 Å². The van der Waals surface area contributed by atoms with Crippen molar-refractivity contribution in [1.29, 1.82) is 0 Å². The van der Waals surface area contributed by atoms with E-state index in [1.807, 2.05) is 31.2 Å². The predicted octanol–water partition coefficient (Wildman–Crippen LogP) is 0.428. The van der Waals surface area contributed by atoms with Gasteiger partial charge in [-0.3, -0.25) is 9.59 Å². The fourth-order valence-corrected chi connectivity index (χ4v) is 3.13. The maximum atomic E-state index is 12.3. The summed E-state index contributed by atoms with van der Waals surface area (Å²) in [5, 5.41) is 14.2. The monoisotopic (exact) mass is 328 g/mol. The molecule has 2 amide bonds. The Balaban J connectivity index is 1.67. The van der Waals surface area contributed by atoms with Gasteiger partial charge in [0.25, 0.3) is 0 Å². The highest BCUT2D eigenvalue weighted by Crippen LogP contribution is 2.29. The summed E-state index contributed by atoms with van der Waals surface area (Å²) >= 11 is 0. The molecule has 1 fully saturated rings. The number of carbonyl (C=O) groups excluding carboxylic acids is 2. The van der Waals surface area contributed by atoms with Gasteiger partial charge < -0.3 is 11.1 Å². The van der Waals surface area contributed by atoms with E-state index in [-0.39, 0.29) is 12.3 Å². The van der Waals surface area contributed by atoms with E-state index in [1.165, 1.54) is 0 Å². The maximum Gasteiger partial charge on any atom is 0.243 e. The van der Waals surface area contributed by atoms with E-state index in [0.717, 1.165) is 24.1 Å². The third-order valence-electron chi connectivity index (χ3n) is 4.48. The summed E-state index contributed by atoms with van der Waals surface area (Å²) in [6.07, 6.45) is 3.24. The Hall–Kier alpha value is -2.77. The first kappa shape index (κ1) is 16.1. The van der Waals surface area contributed by atoms with Crippen LogP contribution in [0.5, 0.6) is 0 Å². The minimum atomic E-state index is -0.874. The molecule has 8 nitrogen and oxygen atoms in total. The molecule has 1 aliphatic rings. The predicted molar refractivity (Wildman–Crippen MR) is 86.1 cm³/mol. The van der Waals surface area contributed by atoms with Gasteiger partial charge in [-0.1, -0.05) is 25.0 Å². The second kappa shape index (κ2) is 6.38. The van der Waals surface area contributed by atoms with Crippen molar-refractivity contribution >= 4 is 11.8 Å². The van der Waals surface area contributed by atoms with E-state index >= 15 is 0 Å². The zero-order valence-corrected chi connectivity index (χ0v) is 13.5. The molecule has 2 aromatic rings. The zero-order valence-electron chi connectivity index (χ0n) is 13.5. The quantitative estimate of drug-likeness (QED) is 0.825. The topological polar surface area (TPSA) is 116 Å². The molecule has 1 aliphatic carbocycles. The van der Waals surface area contributed by atoms with Crippen molar-refractivity contribution in [2.75, 3.05) is 0 Å². The summed E-state index contributed by atoms with van der Waals surface area (Å²) in [4.78, 5) is 24.0. The molecule has 126 valence electrons. The normalized spacial score (nSPS) is 16.0. The molecule has 1 aromatic heterocycles. The van der Waals surface area contributed by atoms with Gasteiger partial charge in [-0.15, -0.1) is 5.10 Å². The number of hydrogen-bond acceptors (Lipinski definition) is 5. The van der Waals surface area contributed by atoms with E-state index in [9.17, 15) is 9.59 Å². The van der Waals surface area contributed by atoms with Crippen LogP contribution >= 0.6 is 0 Å². The van der Waals surface area contributed by atoms with Crippen LogP contribution in [-0.2, 0) is 16.0 Å². The number of rotatable bonds is 5. The second-order valence-electron chi connectivity index (χ2n) is 6.18. The summed E-state index contributed by atoms with van der Waals surface area (Å²) in [6.45, 7) is 1.81. The van der Waals surface area contributed by atoms with Gasteiger partial charge >= 0.3 is 0 Å². The number of aromatic nitrogens is 4. The molecular formula is C16H20N6O2. The van der Waals surface area contributed by atoms with Crippen LogP contribution in [0, 0.1) is 6.92 Å². The van der Waals surface area contributed by atoms with Crippen LogP contribution in [-0.4, -0.2) is 37.6 Å². The van der Waals surface area contributed by atoms with Gasteiger partial charge in [0, 0.05) is 0 Å². The van der Waals surface area contributed by atoms with Gasteiger partial charge in [0.2, 0.25) is 11.8 Å². The van der Waals surface area contributed by atoms with Crippen LogP contribution in [0.4, 0.5) is 0 Å². The molecule has 8 heteroatoms. The fraction of sp³-hybridized carbons (Fsp3) is 0.438. The number of carbonyl (C=O) groups is 2. The molecule has 0 unspecified atom stereocenters. The van der Waals surface area contributed by atoms with Crippen LogP contribution in [0.3, 0.4) is 0 Å². The Kier molecular flexibility index (Phi) is 4.28. The zero-order chi connectivity index (χ0) is 17.2. The SMILES string of the molecule is Cc1nnnn1-c1ccc(CC(=O)NC2(C(N)=O)CCCC2)cc1. The van der Waals surface area contributed by atoms with Crippen molar-refractivity contribution < 1.29 is 9.59 Å². The Morgan fingerprint density at radius 1 is 1.25 bits per heavy atom. The van der Waals surface area contributed by atoms with Gasteiger partial charge in [0.1, 0.15) is 5.54 Å². The lowest BCUT2D eigenvalue weighted by atomic mass is 9.96. The molecule has 0 atom stereocenters. The van der Waals surface area contributed by atoms with E-state index in [0.29, 0.717) is 18.7 Å². The first-order valence-electron chi connectivity index (χ1n) is 7.95. The average Bonchev–Trinajstić information content (AvgIpc) is 3.18. The molecule has 0 spiro atoms. The number of nitrogens with zero attached hydrogens (tertiary/aromatic N) is 4. The van der Waals surface area contributed by atoms with Gasteiger partial charge in [0.05, 0.1) is 12.1 Å². The molecule has 1 saturated carbocycles.